The van der Waals surface area contributed by atoms with Crippen LogP contribution < -0.4 is 0 Å². The number of amides is 1. The van der Waals surface area contributed by atoms with Gasteiger partial charge in [0.05, 0.1) is 6.61 Å². The summed E-state index contributed by atoms with van der Waals surface area (Å²) in [5, 5.41) is 9.61. The number of hydrogen-bond donors (Lipinski definition) is 1. The molecule has 27 heavy (non-hydrogen) atoms. The zero-order valence-corrected chi connectivity index (χ0v) is 15.1. The molecular weight excluding hydrogens is 342 g/mol. The fraction of sp³-hybridized carbons (Fsp3) is 0.364. The molecule has 2 fully saturated rings. The smallest absolute Gasteiger partial charge is 0.328 e. The minimum Gasteiger partial charge on any atom is -0.480 e. The molecule has 140 valence electrons. The maximum absolute atomic E-state index is 13.3. The van der Waals surface area contributed by atoms with E-state index in [0.717, 1.165) is 30.4 Å². The molecule has 1 aliphatic heterocycles. The fourth-order valence-electron chi connectivity index (χ4n) is 4.23. The van der Waals surface area contributed by atoms with Crippen LogP contribution in [-0.2, 0) is 9.53 Å². The third-order valence-electron chi connectivity index (χ3n) is 5.64. The minimum atomic E-state index is -1.01. The number of carbonyl (C=O) groups is 2. The van der Waals surface area contributed by atoms with Crippen molar-refractivity contribution in [2.45, 2.75) is 43.9 Å². The van der Waals surface area contributed by atoms with Crippen LogP contribution in [0, 0.1) is 0 Å². The van der Waals surface area contributed by atoms with Gasteiger partial charge in [0, 0.05) is 5.56 Å². The number of carboxylic acid groups (broad SMARTS) is 1. The molecule has 1 atom stereocenters. The molecule has 0 aromatic heterocycles. The second kappa shape index (κ2) is 7.16. The predicted molar refractivity (Wildman–Crippen MR) is 101 cm³/mol. The van der Waals surface area contributed by atoms with Gasteiger partial charge in [0.2, 0.25) is 0 Å². The van der Waals surface area contributed by atoms with E-state index in [2.05, 4.69) is 0 Å². The highest BCUT2D eigenvalue weighted by molar-refractivity contribution is 5.97. The maximum atomic E-state index is 13.3. The highest BCUT2D eigenvalue weighted by atomic mass is 16.5. The molecule has 1 saturated carbocycles. The van der Waals surface area contributed by atoms with E-state index in [-0.39, 0.29) is 12.5 Å². The molecule has 0 unspecified atom stereocenters. The Morgan fingerprint density at radius 1 is 0.926 bits per heavy atom. The first kappa shape index (κ1) is 17.7. The van der Waals surface area contributed by atoms with Crippen molar-refractivity contribution >= 4 is 11.9 Å². The van der Waals surface area contributed by atoms with Crippen molar-refractivity contribution in [3.05, 3.63) is 60.2 Å². The van der Waals surface area contributed by atoms with E-state index in [9.17, 15) is 14.7 Å². The number of benzene rings is 2. The summed E-state index contributed by atoms with van der Waals surface area (Å²) in [7, 11) is 0. The molecule has 1 saturated heterocycles. The van der Waals surface area contributed by atoms with Crippen LogP contribution in [0.15, 0.2) is 54.6 Å². The van der Waals surface area contributed by atoms with Crippen molar-refractivity contribution in [1.82, 2.24) is 4.90 Å². The molecule has 1 amide bonds. The van der Waals surface area contributed by atoms with Gasteiger partial charge in [0.1, 0.15) is 5.72 Å². The molecule has 2 aliphatic rings. The van der Waals surface area contributed by atoms with E-state index >= 15 is 0 Å². The summed E-state index contributed by atoms with van der Waals surface area (Å²) in [4.78, 5) is 26.5. The van der Waals surface area contributed by atoms with Crippen molar-refractivity contribution in [3.8, 4) is 11.1 Å². The van der Waals surface area contributed by atoms with Gasteiger partial charge in [-0.25, -0.2) is 4.79 Å². The topological polar surface area (TPSA) is 66.8 Å². The highest BCUT2D eigenvalue weighted by Crippen LogP contribution is 2.41. The summed E-state index contributed by atoms with van der Waals surface area (Å²) in [5.41, 5.74) is 1.83. The van der Waals surface area contributed by atoms with Gasteiger partial charge in [-0.2, -0.15) is 0 Å². The maximum Gasteiger partial charge on any atom is 0.328 e. The molecule has 5 nitrogen and oxygen atoms in total. The number of carbonyl (C=O) groups excluding carboxylic acids is 1. The van der Waals surface area contributed by atoms with Gasteiger partial charge in [-0.3, -0.25) is 9.69 Å². The average Bonchev–Trinajstić information content (AvgIpc) is 3.07. The van der Waals surface area contributed by atoms with Gasteiger partial charge in [0.15, 0.2) is 6.04 Å². The summed E-state index contributed by atoms with van der Waals surface area (Å²) in [5.74, 6) is -1.27. The Bertz CT molecular complexity index is 825. The Morgan fingerprint density at radius 3 is 2.19 bits per heavy atom. The Kier molecular flexibility index (Phi) is 4.70. The van der Waals surface area contributed by atoms with Crippen molar-refractivity contribution in [2.75, 3.05) is 6.61 Å². The van der Waals surface area contributed by atoms with E-state index in [0.29, 0.717) is 18.4 Å². The number of ether oxygens (including phenoxy) is 1. The van der Waals surface area contributed by atoms with Crippen LogP contribution in [0.4, 0.5) is 0 Å². The number of carboxylic acids is 1. The molecule has 1 spiro atoms. The fourth-order valence-corrected chi connectivity index (χ4v) is 4.23. The molecular formula is C22H23NO4. The lowest BCUT2D eigenvalue weighted by molar-refractivity contribution is -0.143. The Labute approximate surface area is 158 Å². The first-order chi connectivity index (χ1) is 13.1. The van der Waals surface area contributed by atoms with Crippen LogP contribution in [0.1, 0.15) is 42.5 Å². The highest BCUT2D eigenvalue weighted by Gasteiger charge is 2.53. The normalized spacial score (nSPS) is 21.3. The molecule has 5 heteroatoms. The van der Waals surface area contributed by atoms with E-state index in [1.54, 1.807) is 12.1 Å². The SMILES string of the molecule is O=C(O)[C@H]1COC2(CCCCC2)N1C(=O)c1ccc(-c2ccccc2)cc1. The lowest BCUT2D eigenvalue weighted by Crippen LogP contribution is -2.54. The van der Waals surface area contributed by atoms with Gasteiger partial charge in [-0.05, 0) is 48.9 Å². The number of aliphatic carboxylic acids is 1. The molecule has 2 aromatic rings. The van der Waals surface area contributed by atoms with Gasteiger partial charge < -0.3 is 9.84 Å². The minimum absolute atomic E-state index is 0.0587. The van der Waals surface area contributed by atoms with Crippen molar-refractivity contribution in [2.24, 2.45) is 0 Å². The largest absolute Gasteiger partial charge is 0.480 e. The molecule has 1 heterocycles. The van der Waals surface area contributed by atoms with Crippen molar-refractivity contribution in [1.29, 1.82) is 0 Å². The number of hydrogen-bond acceptors (Lipinski definition) is 3. The van der Waals surface area contributed by atoms with E-state index in [1.807, 2.05) is 42.5 Å². The third kappa shape index (κ3) is 3.23. The zero-order chi connectivity index (χ0) is 18.9. The van der Waals surface area contributed by atoms with Crippen LogP contribution in [0.2, 0.25) is 0 Å². The first-order valence-electron chi connectivity index (χ1n) is 9.47. The Morgan fingerprint density at radius 2 is 1.56 bits per heavy atom. The lowest BCUT2D eigenvalue weighted by Gasteiger charge is -2.41. The quantitative estimate of drug-likeness (QED) is 0.895. The second-order valence-corrected chi connectivity index (χ2v) is 7.29. The van der Waals surface area contributed by atoms with Crippen LogP contribution in [-0.4, -0.2) is 40.3 Å². The lowest BCUT2D eigenvalue weighted by atomic mass is 9.89. The van der Waals surface area contributed by atoms with Crippen LogP contribution in [0.25, 0.3) is 11.1 Å². The summed E-state index contributed by atoms with van der Waals surface area (Å²) in [6, 6.07) is 16.4. The number of nitrogens with zero attached hydrogens (tertiary/aromatic N) is 1. The van der Waals surface area contributed by atoms with E-state index in [4.69, 9.17) is 4.74 Å². The Hall–Kier alpha value is -2.66. The third-order valence-corrected chi connectivity index (χ3v) is 5.64. The average molecular weight is 365 g/mol. The van der Waals surface area contributed by atoms with Crippen LogP contribution >= 0.6 is 0 Å². The first-order valence-corrected chi connectivity index (χ1v) is 9.47. The summed E-state index contributed by atoms with van der Waals surface area (Å²) in [6.45, 7) is 0.0587. The molecule has 4 rings (SSSR count). The Balaban J connectivity index is 1.64. The van der Waals surface area contributed by atoms with Gasteiger partial charge >= 0.3 is 5.97 Å². The molecule has 2 aromatic carbocycles. The summed E-state index contributed by atoms with van der Waals surface area (Å²) in [6.07, 6.45) is 4.39. The molecule has 1 aliphatic carbocycles. The molecule has 0 radical (unpaired) electrons. The van der Waals surface area contributed by atoms with Gasteiger partial charge in [-0.1, -0.05) is 48.9 Å². The van der Waals surface area contributed by atoms with E-state index in [1.165, 1.54) is 4.90 Å². The number of rotatable bonds is 3. The predicted octanol–water partition coefficient (Wildman–Crippen LogP) is 3.94. The molecule has 1 N–H and O–H groups in total. The summed E-state index contributed by atoms with van der Waals surface area (Å²) < 4.78 is 5.93. The van der Waals surface area contributed by atoms with Crippen molar-refractivity contribution in [3.63, 3.8) is 0 Å². The standard InChI is InChI=1S/C22H23NO4/c24-20(18-11-9-17(10-12-18)16-7-3-1-4-8-16)23-19(21(25)26)15-27-22(23)13-5-2-6-14-22/h1,3-4,7-12,19H,2,5-6,13-15H2,(H,25,26)/t19-/m1/s1. The second-order valence-electron chi connectivity index (χ2n) is 7.29. The van der Waals surface area contributed by atoms with E-state index < -0.39 is 17.7 Å². The molecule has 0 bridgehead atoms. The van der Waals surface area contributed by atoms with Gasteiger partial charge in [0.25, 0.3) is 5.91 Å². The van der Waals surface area contributed by atoms with Crippen molar-refractivity contribution < 1.29 is 19.4 Å². The van der Waals surface area contributed by atoms with Crippen LogP contribution in [0.3, 0.4) is 0 Å². The van der Waals surface area contributed by atoms with Crippen LogP contribution in [0.5, 0.6) is 0 Å². The van der Waals surface area contributed by atoms with Gasteiger partial charge in [-0.15, -0.1) is 0 Å². The monoisotopic (exact) mass is 365 g/mol. The zero-order valence-electron chi connectivity index (χ0n) is 15.1. The summed E-state index contributed by atoms with van der Waals surface area (Å²) >= 11 is 0.